The minimum absolute atomic E-state index is 0.883. The third-order valence-electron chi connectivity index (χ3n) is 2.74. The number of hydrogen-bond acceptors (Lipinski definition) is 1. The first kappa shape index (κ1) is 10.7. The highest BCUT2D eigenvalue weighted by molar-refractivity contribution is 5.37. The smallest absolute Gasteiger partial charge is 0.127 e. The molecule has 0 bridgehead atoms. The minimum Gasteiger partial charge on any atom is -0.457 e. The summed E-state index contributed by atoms with van der Waals surface area (Å²) >= 11 is 0. The van der Waals surface area contributed by atoms with Crippen LogP contribution in [0.15, 0.2) is 42.5 Å². The fraction of sp³-hybridized carbons (Fsp3) is 0.200. The van der Waals surface area contributed by atoms with Crippen molar-refractivity contribution < 1.29 is 4.74 Å². The van der Waals surface area contributed by atoms with Gasteiger partial charge in [0.25, 0.3) is 0 Å². The van der Waals surface area contributed by atoms with Crippen molar-refractivity contribution in [2.24, 2.45) is 0 Å². The van der Waals surface area contributed by atoms with Crippen LogP contribution in [0, 0.1) is 20.8 Å². The predicted molar refractivity (Wildman–Crippen MR) is 67.2 cm³/mol. The third kappa shape index (κ3) is 2.43. The molecule has 0 saturated heterocycles. The Morgan fingerprint density at radius 3 is 1.94 bits per heavy atom. The Kier molecular flexibility index (Phi) is 2.95. The van der Waals surface area contributed by atoms with Crippen LogP contribution in [0.5, 0.6) is 11.5 Å². The SMILES string of the molecule is Cc1ccc(Oc2ccc(C)c(C)c2)cc1. The highest BCUT2D eigenvalue weighted by Gasteiger charge is 1.99. The highest BCUT2D eigenvalue weighted by atomic mass is 16.5. The second-order valence-corrected chi connectivity index (χ2v) is 4.16. The second-order valence-electron chi connectivity index (χ2n) is 4.16. The molecule has 0 N–H and O–H groups in total. The standard InChI is InChI=1S/C15H16O/c1-11-4-7-14(8-5-11)16-15-9-6-12(2)13(3)10-15/h4-10H,1-3H3. The van der Waals surface area contributed by atoms with E-state index in [1.165, 1.54) is 16.7 Å². The quantitative estimate of drug-likeness (QED) is 0.716. The largest absolute Gasteiger partial charge is 0.457 e. The van der Waals surface area contributed by atoms with Crippen LogP contribution < -0.4 is 4.74 Å². The molecule has 0 spiro atoms. The first-order valence-electron chi connectivity index (χ1n) is 5.47. The van der Waals surface area contributed by atoms with E-state index in [1.807, 2.05) is 18.2 Å². The van der Waals surface area contributed by atoms with E-state index >= 15 is 0 Å². The first-order chi connectivity index (χ1) is 7.65. The van der Waals surface area contributed by atoms with Crippen molar-refractivity contribution in [1.29, 1.82) is 0 Å². The van der Waals surface area contributed by atoms with Crippen LogP contribution in [0.25, 0.3) is 0 Å². The van der Waals surface area contributed by atoms with Crippen molar-refractivity contribution in [1.82, 2.24) is 0 Å². The van der Waals surface area contributed by atoms with Crippen molar-refractivity contribution in [3.63, 3.8) is 0 Å². The van der Waals surface area contributed by atoms with Crippen molar-refractivity contribution >= 4 is 0 Å². The molecule has 1 heteroatoms. The van der Waals surface area contributed by atoms with E-state index in [4.69, 9.17) is 4.74 Å². The van der Waals surface area contributed by atoms with Crippen LogP contribution >= 0.6 is 0 Å². The first-order valence-corrected chi connectivity index (χ1v) is 5.47. The molecule has 2 aromatic rings. The maximum atomic E-state index is 5.77. The fourth-order valence-electron chi connectivity index (χ4n) is 1.52. The predicted octanol–water partition coefficient (Wildman–Crippen LogP) is 4.40. The number of aryl methyl sites for hydroxylation is 3. The third-order valence-corrected chi connectivity index (χ3v) is 2.74. The van der Waals surface area contributed by atoms with E-state index in [1.54, 1.807) is 0 Å². The number of hydrogen-bond donors (Lipinski definition) is 0. The van der Waals surface area contributed by atoms with Crippen molar-refractivity contribution in [3.8, 4) is 11.5 Å². The average molecular weight is 212 g/mol. The lowest BCUT2D eigenvalue weighted by Gasteiger charge is -2.08. The lowest BCUT2D eigenvalue weighted by atomic mass is 10.1. The normalized spacial score (nSPS) is 10.2. The molecule has 2 aromatic carbocycles. The second kappa shape index (κ2) is 4.40. The van der Waals surface area contributed by atoms with Gasteiger partial charge in [-0.1, -0.05) is 23.8 Å². The van der Waals surface area contributed by atoms with Crippen LogP contribution in [-0.4, -0.2) is 0 Å². The summed E-state index contributed by atoms with van der Waals surface area (Å²) in [5.41, 5.74) is 3.79. The molecule has 1 nitrogen and oxygen atoms in total. The summed E-state index contributed by atoms with van der Waals surface area (Å²) in [5.74, 6) is 1.78. The molecule has 0 aliphatic carbocycles. The Morgan fingerprint density at radius 1 is 0.688 bits per heavy atom. The molecule has 0 heterocycles. The van der Waals surface area contributed by atoms with Gasteiger partial charge in [0.2, 0.25) is 0 Å². The van der Waals surface area contributed by atoms with Gasteiger partial charge in [0.05, 0.1) is 0 Å². The molecular formula is C15H16O. The molecule has 0 fully saturated rings. The van der Waals surface area contributed by atoms with Crippen LogP contribution in [0.3, 0.4) is 0 Å². The summed E-state index contributed by atoms with van der Waals surface area (Å²) < 4.78 is 5.77. The maximum absolute atomic E-state index is 5.77. The van der Waals surface area contributed by atoms with Gasteiger partial charge in [-0.3, -0.25) is 0 Å². The fourth-order valence-corrected chi connectivity index (χ4v) is 1.52. The summed E-state index contributed by atoms with van der Waals surface area (Å²) in [4.78, 5) is 0. The molecule has 0 unspecified atom stereocenters. The molecule has 0 atom stereocenters. The van der Waals surface area contributed by atoms with Crippen LogP contribution in [0.2, 0.25) is 0 Å². The zero-order valence-corrected chi connectivity index (χ0v) is 9.95. The minimum atomic E-state index is 0.883. The van der Waals surface area contributed by atoms with Gasteiger partial charge < -0.3 is 4.74 Å². The van der Waals surface area contributed by atoms with Crippen LogP contribution in [-0.2, 0) is 0 Å². The molecule has 0 saturated carbocycles. The van der Waals surface area contributed by atoms with E-state index in [9.17, 15) is 0 Å². The lowest BCUT2D eigenvalue weighted by Crippen LogP contribution is -1.86. The lowest BCUT2D eigenvalue weighted by molar-refractivity contribution is 0.482. The molecule has 0 aliphatic heterocycles. The van der Waals surface area contributed by atoms with Crippen LogP contribution in [0.4, 0.5) is 0 Å². The van der Waals surface area contributed by atoms with Gasteiger partial charge in [0.1, 0.15) is 11.5 Å². The maximum Gasteiger partial charge on any atom is 0.127 e. The Morgan fingerprint density at radius 2 is 1.31 bits per heavy atom. The van der Waals surface area contributed by atoms with E-state index < -0.39 is 0 Å². The Hall–Kier alpha value is -1.76. The number of rotatable bonds is 2. The zero-order chi connectivity index (χ0) is 11.5. The van der Waals surface area contributed by atoms with Crippen molar-refractivity contribution in [2.45, 2.75) is 20.8 Å². The molecule has 0 radical (unpaired) electrons. The molecule has 0 aromatic heterocycles. The van der Waals surface area contributed by atoms with Gasteiger partial charge in [-0.25, -0.2) is 0 Å². The van der Waals surface area contributed by atoms with Gasteiger partial charge in [-0.2, -0.15) is 0 Å². The summed E-state index contributed by atoms with van der Waals surface area (Å²) in [6, 6.07) is 14.2. The summed E-state index contributed by atoms with van der Waals surface area (Å²) in [7, 11) is 0. The Labute approximate surface area is 96.7 Å². The number of ether oxygens (including phenoxy) is 1. The van der Waals surface area contributed by atoms with Gasteiger partial charge in [0.15, 0.2) is 0 Å². The monoisotopic (exact) mass is 212 g/mol. The Balaban J connectivity index is 2.20. The Bertz CT molecular complexity index is 483. The van der Waals surface area contributed by atoms with Gasteiger partial charge >= 0.3 is 0 Å². The molecule has 0 amide bonds. The molecular weight excluding hydrogens is 196 g/mol. The zero-order valence-electron chi connectivity index (χ0n) is 9.95. The van der Waals surface area contributed by atoms with Crippen molar-refractivity contribution in [2.75, 3.05) is 0 Å². The van der Waals surface area contributed by atoms with Crippen LogP contribution in [0.1, 0.15) is 16.7 Å². The summed E-state index contributed by atoms with van der Waals surface area (Å²) in [6.07, 6.45) is 0. The van der Waals surface area contributed by atoms with E-state index in [-0.39, 0.29) is 0 Å². The molecule has 2 rings (SSSR count). The van der Waals surface area contributed by atoms with E-state index in [0.717, 1.165) is 11.5 Å². The molecule has 0 aliphatic rings. The summed E-state index contributed by atoms with van der Waals surface area (Å²) in [6.45, 7) is 6.27. The number of benzene rings is 2. The van der Waals surface area contributed by atoms with Gasteiger partial charge in [-0.05, 0) is 56.2 Å². The van der Waals surface area contributed by atoms with E-state index in [0.29, 0.717) is 0 Å². The summed E-state index contributed by atoms with van der Waals surface area (Å²) in [5, 5.41) is 0. The van der Waals surface area contributed by atoms with Crippen molar-refractivity contribution in [3.05, 3.63) is 59.2 Å². The molecule has 82 valence electrons. The van der Waals surface area contributed by atoms with Gasteiger partial charge in [-0.15, -0.1) is 0 Å². The highest BCUT2D eigenvalue weighted by Crippen LogP contribution is 2.23. The topological polar surface area (TPSA) is 9.23 Å². The average Bonchev–Trinajstić information content (AvgIpc) is 2.27. The molecule has 16 heavy (non-hydrogen) atoms. The van der Waals surface area contributed by atoms with E-state index in [2.05, 4.69) is 45.0 Å². The van der Waals surface area contributed by atoms with Gasteiger partial charge in [0, 0.05) is 0 Å².